The van der Waals surface area contributed by atoms with Crippen LogP contribution in [0.1, 0.15) is 12.0 Å². The normalized spacial score (nSPS) is 11.0. The van der Waals surface area contributed by atoms with E-state index >= 15 is 0 Å². The molecule has 0 heterocycles. The first kappa shape index (κ1) is 17.9. The van der Waals surface area contributed by atoms with Crippen molar-refractivity contribution in [3.63, 3.8) is 0 Å². The fraction of sp³-hybridized carbons (Fsp3) is 0.125. The van der Waals surface area contributed by atoms with Crippen LogP contribution in [-0.4, -0.2) is 23.3 Å². The topological polar surface area (TPSA) is 66.8 Å². The molecular weight excluding hydrogens is 352 g/mol. The van der Waals surface area contributed by atoms with Crippen molar-refractivity contribution in [2.45, 2.75) is 12.8 Å². The lowest BCUT2D eigenvalue weighted by Crippen LogP contribution is -2.01. The Labute approximate surface area is 162 Å². The van der Waals surface area contributed by atoms with Crippen LogP contribution in [0.4, 0.5) is 0 Å². The number of rotatable bonds is 4. The lowest BCUT2D eigenvalue weighted by Gasteiger charge is -2.14. The van der Waals surface area contributed by atoms with Crippen molar-refractivity contribution in [3.05, 3.63) is 72.3 Å². The maximum absolute atomic E-state index is 11.4. The van der Waals surface area contributed by atoms with E-state index in [-0.39, 0.29) is 17.5 Å². The maximum atomic E-state index is 11.4. The molecule has 4 aromatic rings. The van der Waals surface area contributed by atoms with Gasteiger partial charge in [0.15, 0.2) is 0 Å². The Morgan fingerprint density at radius 2 is 1.46 bits per heavy atom. The van der Waals surface area contributed by atoms with Gasteiger partial charge in [-0.1, -0.05) is 54.6 Å². The molecule has 0 radical (unpaired) electrons. The monoisotopic (exact) mass is 372 g/mol. The zero-order chi connectivity index (χ0) is 19.7. The van der Waals surface area contributed by atoms with E-state index in [1.54, 1.807) is 12.1 Å². The summed E-state index contributed by atoms with van der Waals surface area (Å²) in [5.41, 5.74) is 2.23. The van der Waals surface area contributed by atoms with Gasteiger partial charge in [-0.05, 0) is 45.7 Å². The molecule has 0 unspecified atom stereocenters. The van der Waals surface area contributed by atoms with Gasteiger partial charge in [0.05, 0.1) is 7.11 Å². The molecular formula is C24H20O4. The van der Waals surface area contributed by atoms with Crippen molar-refractivity contribution >= 4 is 27.5 Å². The third-order valence-corrected chi connectivity index (χ3v) is 5.06. The van der Waals surface area contributed by atoms with Crippen LogP contribution in [-0.2, 0) is 16.0 Å². The minimum Gasteiger partial charge on any atom is -0.507 e. The van der Waals surface area contributed by atoms with Crippen LogP contribution in [0, 0.1) is 0 Å². The number of ether oxygens (including phenoxy) is 1. The number of esters is 1. The van der Waals surface area contributed by atoms with Crippen molar-refractivity contribution < 1.29 is 19.7 Å². The van der Waals surface area contributed by atoms with Crippen molar-refractivity contribution in [2.24, 2.45) is 0 Å². The Hall–Kier alpha value is -3.53. The summed E-state index contributed by atoms with van der Waals surface area (Å²) in [5.74, 6) is -0.00935. The SMILES string of the molecule is COC(=O)CCc1ccc2c(-c3c(O)ccc4ccccc34)c(O)ccc2c1. The molecule has 0 atom stereocenters. The second-order valence-corrected chi connectivity index (χ2v) is 6.77. The summed E-state index contributed by atoms with van der Waals surface area (Å²) < 4.78 is 4.71. The van der Waals surface area contributed by atoms with E-state index in [1.807, 2.05) is 54.6 Å². The van der Waals surface area contributed by atoms with Gasteiger partial charge in [0.25, 0.3) is 0 Å². The van der Waals surface area contributed by atoms with Crippen LogP contribution >= 0.6 is 0 Å². The molecule has 0 amide bonds. The molecule has 0 aliphatic carbocycles. The van der Waals surface area contributed by atoms with Crippen LogP contribution in [0.2, 0.25) is 0 Å². The zero-order valence-electron chi connectivity index (χ0n) is 15.5. The Kier molecular flexibility index (Phi) is 4.62. The van der Waals surface area contributed by atoms with E-state index in [9.17, 15) is 15.0 Å². The summed E-state index contributed by atoms with van der Waals surface area (Å²) in [7, 11) is 1.38. The molecule has 4 heteroatoms. The Morgan fingerprint density at radius 3 is 2.18 bits per heavy atom. The summed E-state index contributed by atoms with van der Waals surface area (Å²) in [4.78, 5) is 11.4. The van der Waals surface area contributed by atoms with Gasteiger partial charge in [-0.15, -0.1) is 0 Å². The van der Waals surface area contributed by atoms with Gasteiger partial charge < -0.3 is 14.9 Å². The summed E-state index contributed by atoms with van der Waals surface area (Å²) in [6, 6.07) is 20.7. The molecule has 0 spiro atoms. The highest BCUT2D eigenvalue weighted by Gasteiger charge is 2.16. The summed E-state index contributed by atoms with van der Waals surface area (Å²) in [6.45, 7) is 0. The van der Waals surface area contributed by atoms with E-state index in [1.165, 1.54) is 7.11 Å². The molecule has 0 saturated heterocycles. The predicted molar refractivity (Wildman–Crippen MR) is 111 cm³/mol. The molecule has 4 aromatic carbocycles. The Bertz CT molecular complexity index is 1190. The number of aryl methyl sites for hydroxylation is 1. The fourth-order valence-corrected chi connectivity index (χ4v) is 3.66. The van der Waals surface area contributed by atoms with Crippen molar-refractivity contribution in [1.82, 2.24) is 0 Å². The van der Waals surface area contributed by atoms with Crippen LogP contribution < -0.4 is 0 Å². The minimum absolute atomic E-state index is 0.112. The average molecular weight is 372 g/mol. The quantitative estimate of drug-likeness (QED) is 0.485. The number of hydrogen-bond donors (Lipinski definition) is 2. The summed E-state index contributed by atoms with van der Waals surface area (Å²) in [6.07, 6.45) is 0.898. The van der Waals surface area contributed by atoms with Gasteiger partial charge in [-0.2, -0.15) is 0 Å². The fourth-order valence-electron chi connectivity index (χ4n) is 3.66. The second-order valence-electron chi connectivity index (χ2n) is 6.77. The summed E-state index contributed by atoms with van der Waals surface area (Å²) >= 11 is 0. The van der Waals surface area contributed by atoms with Crippen molar-refractivity contribution in [2.75, 3.05) is 7.11 Å². The second kappa shape index (κ2) is 7.24. The molecule has 0 aliphatic rings. The van der Waals surface area contributed by atoms with Gasteiger partial charge in [0.1, 0.15) is 11.5 Å². The minimum atomic E-state index is -0.243. The molecule has 28 heavy (non-hydrogen) atoms. The Morgan fingerprint density at radius 1 is 0.821 bits per heavy atom. The molecule has 0 saturated carbocycles. The number of carbonyl (C=O) groups is 1. The van der Waals surface area contributed by atoms with Gasteiger partial charge in [0.2, 0.25) is 0 Å². The van der Waals surface area contributed by atoms with Crippen molar-refractivity contribution in [3.8, 4) is 22.6 Å². The van der Waals surface area contributed by atoms with E-state index in [0.717, 1.165) is 27.1 Å². The smallest absolute Gasteiger partial charge is 0.305 e. The lowest BCUT2D eigenvalue weighted by molar-refractivity contribution is -0.140. The number of hydrogen-bond acceptors (Lipinski definition) is 4. The first-order chi connectivity index (χ1) is 13.6. The number of carbonyl (C=O) groups excluding carboxylic acids is 1. The number of benzene rings is 4. The van der Waals surface area contributed by atoms with Crippen LogP contribution in [0.5, 0.6) is 11.5 Å². The van der Waals surface area contributed by atoms with Gasteiger partial charge in [-0.3, -0.25) is 4.79 Å². The van der Waals surface area contributed by atoms with E-state index in [2.05, 4.69) is 0 Å². The highest BCUT2D eigenvalue weighted by atomic mass is 16.5. The first-order valence-corrected chi connectivity index (χ1v) is 9.11. The van der Waals surface area contributed by atoms with Crippen molar-refractivity contribution in [1.29, 1.82) is 0 Å². The van der Waals surface area contributed by atoms with Crippen LogP contribution in [0.3, 0.4) is 0 Å². The molecule has 2 N–H and O–H groups in total. The third-order valence-electron chi connectivity index (χ3n) is 5.06. The molecule has 0 aliphatic heterocycles. The maximum Gasteiger partial charge on any atom is 0.305 e. The number of phenols is 2. The number of phenolic OH excluding ortho intramolecular Hbond substituents is 2. The van der Waals surface area contributed by atoms with Gasteiger partial charge in [0, 0.05) is 17.5 Å². The molecule has 4 rings (SSSR count). The zero-order valence-corrected chi connectivity index (χ0v) is 15.5. The standard InChI is InChI=1S/C24H20O4/c1-28-22(27)13-7-15-6-10-19-17(14-15)9-12-21(26)24(19)23-18-5-3-2-4-16(18)8-11-20(23)25/h2-6,8-12,14,25-26H,7,13H2,1H3. The van der Waals surface area contributed by atoms with E-state index in [0.29, 0.717) is 24.0 Å². The third kappa shape index (κ3) is 3.14. The van der Waals surface area contributed by atoms with E-state index < -0.39 is 0 Å². The highest BCUT2D eigenvalue weighted by Crippen LogP contribution is 2.44. The highest BCUT2D eigenvalue weighted by molar-refractivity contribution is 6.09. The molecule has 4 nitrogen and oxygen atoms in total. The van der Waals surface area contributed by atoms with Gasteiger partial charge >= 0.3 is 5.97 Å². The molecule has 0 fully saturated rings. The number of aromatic hydroxyl groups is 2. The first-order valence-electron chi connectivity index (χ1n) is 9.11. The Balaban J connectivity index is 1.90. The molecule has 0 bridgehead atoms. The average Bonchev–Trinajstić information content (AvgIpc) is 2.72. The van der Waals surface area contributed by atoms with Crippen LogP contribution in [0.25, 0.3) is 32.7 Å². The summed E-state index contributed by atoms with van der Waals surface area (Å²) in [5, 5.41) is 24.9. The number of fused-ring (bicyclic) bond motifs is 2. The van der Waals surface area contributed by atoms with Crippen LogP contribution in [0.15, 0.2) is 66.7 Å². The predicted octanol–water partition coefficient (Wildman–Crippen LogP) is 5.18. The van der Waals surface area contributed by atoms with E-state index in [4.69, 9.17) is 4.74 Å². The van der Waals surface area contributed by atoms with Gasteiger partial charge in [-0.25, -0.2) is 0 Å². The molecule has 140 valence electrons. The largest absolute Gasteiger partial charge is 0.507 e. The lowest BCUT2D eigenvalue weighted by atomic mass is 9.91. The molecule has 0 aromatic heterocycles. The number of methoxy groups -OCH3 is 1.